The molecule has 0 radical (unpaired) electrons. The lowest BCUT2D eigenvalue weighted by Gasteiger charge is -2.42. The molecule has 1 aromatic rings. The molecule has 0 amide bonds. The zero-order valence-electron chi connectivity index (χ0n) is 11.9. The fourth-order valence-electron chi connectivity index (χ4n) is 2.85. The van der Waals surface area contributed by atoms with Crippen LogP contribution in [0, 0.1) is 0 Å². The van der Waals surface area contributed by atoms with Crippen LogP contribution in [0.4, 0.5) is 0 Å². The molecule has 0 atom stereocenters. The topological polar surface area (TPSA) is 24.9 Å². The molecular formula is C13H23IN2O2PS+. The third-order valence-electron chi connectivity index (χ3n) is 4.00. The highest BCUT2D eigenvalue weighted by Crippen LogP contribution is 2.61. The first kappa shape index (κ1) is 17.1. The Hall–Kier alpha value is 0.700. The molecular weight excluding hydrogens is 406 g/mol. The maximum atomic E-state index is 5.54. The fourth-order valence-corrected chi connectivity index (χ4v) is 8.15. The molecule has 0 spiro atoms. The van der Waals surface area contributed by atoms with Gasteiger partial charge in [-0.05, 0) is 17.5 Å². The average molecular weight is 429 g/mol. The molecule has 7 heteroatoms. The van der Waals surface area contributed by atoms with Crippen molar-refractivity contribution in [2.45, 2.75) is 0 Å². The molecule has 2 saturated heterocycles. The van der Waals surface area contributed by atoms with Crippen LogP contribution in [0.1, 0.15) is 0 Å². The highest BCUT2D eigenvalue weighted by atomic mass is 127. The molecule has 2 fully saturated rings. The van der Waals surface area contributed by atoms with E-state index in [1.165, 1.54) is 4.62 Å². The molecule has 1 aromatic heterocycles. The molecule has 0 aromatic carbocycles. The van der Waals surface area contributed by atoms with E-state index in [0.29, 0.717) is 0 Å². The predicted molar refractivity (Wildman–Crippen MR) is 97.0 cm³/mol. The van der Waals surface area contributed by atoms with Crippen LogP contribution in [0.25, 0.3) is 0 Å². The molecule has 0 N–H and O–H groups in total. The number of nitrogens with zero attached hydrogens (tertiary/aromatic N) is 2. The van der Waals surface area contributed by atoms with Crippen molar-refractivity contribution in [2.24, 2.45) is 0 Å². The van der Waals surface area contributed by atoms with E-state index in [4.69, 9.17) is 9.47 Å². The summed E-state index contributed by atoms with van der Waals surface area (Å²) < 4.78 is 18.0. The molecule has 2 aliphatic rings. The van der Waals surface area contributed by atoms with E-state index >= 15 is 0 Å². The second kappa shape index (κ2) is 7.81. The molecule has 0 aliphatic carbocycles. The van der Waals surface area contributed by atoms with E-state index in [9.17, 15) is 0 Å². The Balaban J connectivity index is 0.00000147. The number of hydrogen-bond acceptors (Lipinski definition) is 5. The van der Waals surface area contributed by atoms with Gasteiger partial charge in [-0.25, -0.2) is 0 Å². The largest absolute Gasteiger partial charge is 0.378 e. The second-order valence-electron chi connectivity index (χ2n) is 5.00. The fraction of sp³-hybridized carbons (Fsp3) is 0.692. The molecule has 20 heavy (non-hydrogen) atoms. The Morgan fingerprint density at radius 2 is 1.50 bits per heavy atom. The third-order valence-corrected chi connectivity index (χ3v) is 10.0. The van der Waals surface area contributed by atoms with Crippen molar-refractivity contribution in [2.75, 3.05) is 59.3 Å². The van der Waals surface area contributed by atoms with Gasteiger partial charge in [-0.15, -0.1) is 35.3 Å². The first-order chi connectivity index (χ1) is 9.32. The van der Waals surface area contributed by atoms with Gasteiger partial charge in [-0.1, -0.05) is 0 Å². The van der Waals surface area contributed by atoms with Gasteiger partial charge in [0.1, 0.15) is 0 Å². The number of halogens is 1. The van der Waals surface area contributed by atoms with Crippen molar-refractivity contribution < 1.29 is 9.47 Å². The van der Waals surface area contributed by atoms with Gasteiger partial charge in [-0.2, -0.15) is 9.34 Å². The summed E-state index contributed by atoms with van der Waals surface area (Å²) in [5.41, 5.74) is 0. The molecule has 114 valence electrons. The summed E-state index contributed by atoms with van der Waals surface area (Å²) in [7, 11) is -1.40. The Kier molecular flexibility index (Phi) is 6.66. The zero-order valence-corrected chi connectivity index (χ0v) is 15.9. The maximum absolute atomic E-state index is 5.54. The highest BCUT2D eigenvalue weighted by molar-refractivity contribution is 14.0. The lowest BCUT2D eigenvalue weighted by atomic mass is 10.5. The van der Waals surface area contributed by atoms with Crippen LogP contribution in [0.5, 0.6) is 0 Å². The van der Waals surface area contributed by atoms with E-state index in [2.05, 4.69) is 33.5 Å². The molecule has 4 nitrogen and oxygen atoms in total. The van der Waals surface area contributed by atoms with Gasteiger partial charge in [0.15, 0.2) is 12.2 Å². The maximum Gasteiger partial charge on any atom is 0.193 e. The van der Waals surface area contributed by atoms with Gasteiger partial charge < -0.3 is 9.47 Å². The number of morpholine rings is 2. The first-order valence-corrected chi connectivity index (χ1v) is 9.91. The van der Waals surface area contributed by atoms with Crippen LogP contribution in [0.3, 0.4) is 0 Å². The van der Waals surface area contributed by atoms with Gasteiger partial charge in [0.2, 0.25) is 0 Å². The number of ether oxygens (including phenoxy) is 2. The Morgan fingerprint density at radius 1 is 1.00 bits per heavy atom. The first-order valence-electron chi connectivity index (χ1n) is 6.89. The van der Waals surface area contributed by atoms with Crippen molar-refractivity contribution >= 4 is 47.5 Å². The number of thiophene rings is 1. The number of rotatable bonds is 3. The van der Waals surface area contributed by atoms with Crippen molar-refractivity contribution in [3.05, 3.63) is 17.5 Å². The molecule has 3 rings (SSSR count). The quantitative estimate of drug-likeness (QED) is 0.543. The summed E-state index contributed by atoms with van der Waals surface area (Å²) in [6, 6.07) is 4.49. The lowest BCUT2D eigenvalue weighted by molar-refractivity contribution is 0.0570. The van der Waals surface area contributed by atoms with Crippen LogP contribution >= 0.6 is 42.9 Å². The second-order valence-corrected chi connectivity index (χ2v) is 9.69. The van der Waals surface area contributed by atoms with Crippen LogP contribution < -0.4 is 4.62 Å². The standard InChI is InChI=1S/C13H22N2O2PS.HI/c1-18(13-3-2-12-19-13,14-4-8-16-9-5-14)15-6-10-17-11-7-15;/h2-3,12H,4-11H2,1H3;1H/q+1;. The Morgan fingerprint density at radius 3 is 1.90 bits per heavy atom. The molecule has 2 aliphatic heterocycles. The van der Waals surface area contributed by atoms with Crippen LogP contribution in [-0.2, 0) is 9.47 Å². The minimum Gasteiger partial charge on any atom is -0.378 e. The lowest BCUT2D eigenvalue weighted by Crippen LogP contribution is -2.48. The van der Waals surface area contributed by atoms with Crippen LogP contribution in [0.2, 0.25) is 0 Å². The zero-order chi connectivity index (χ0) is 13.1. The number of hydrogen-bond donors (Lipinski definition) is 0. The van der Waals surface area contributed by atoms with Crippen molar-refractivity contribution in [3.8, 4) is 0 Å². The van der Waals surface area contributed by atoms with E-state index in [1.54, 1.807) is 0 Å². The summed E-state index contributed by atoms with van der Waals surface area (Å²) in [4.78, 5) is 0. The molecule has 0 bridgehead atoms. The van der Waals surface area contributed by atoms with Gasteiger partial charge >= 0.3 is 0 Å². The summed E-state index contributed by atoms with van der Waals surface area (Å²) in [5, 5.41) is 2.20. The third kappa shape index (κ3) is 3.37. The van der Waals surface area contributed by atoms with E-state index in [1.807, 2.05) is 11.3 Å². The molecule has 0 unspecified atom stereocenters. The SMILES string of the molecule is C[P+](c1cccs1)(N1CCOCC1)N1CCOCC1.I. The Labute approximate surface area is 142 Å². The monoisotopic (exact) mass is 429 g/mol. The summed E-state index contributed by atoms with van der Waals surface area (Å²) >= 11 is 1.90. The smallest absolute Gasteiger partial charge is 0.193 e. The van der Waals surface area contributed by atoms with E-state index in [0.717, 1.165) is 52.6 Å². The average Bonchev–Trinajstić information content (AvgIpc) is 3.03. The Bertz CT molecular complexity index is 377. The van der Waals surface area contributed by atoms with Crippen molar-refractivity contribution in [1.29, 1.82) is 0 Å². The highest BCUT2D eigenvalue weighted by Gasteiger charge is 2.50. The van der Waals surface area contributed by atoms with E-state index < -0.39 is 7.56 Å². The normalized spacial score (nSPS) is 22.4. The van der Waals surface area contributed by atoms with Gasteiger partial charge in [0.25, 0.3) is 0 Å². The van der Waals surface area contributed by atoms with Gasteiger partial charge in [0.05, 0.1) is 59.3 Å². The summed E-state index contributed by atoms with van der Waals surface area (Å²) in [6.45, 7) is 10.2. The van der Waals surface area contributed by atoms with Crippen LogP contribution in [0.15, 0.2) is 17.5 Å². The van der Waals surface area contributed by atoms with Gasteiger partial charge in [-0.3, -0.25) is 0 Å². The molecule has 0 saturated carbocycles. The minimum atomic E-state index is -1.40. The van der Waals surface area contributed by atoms with Crippen molar-refractivity contribution in [1.82, 2.24) is 9.34 Å². The summed E-state index contributed by atoms with van der Waals surface area (Å²) in [6.07, 6.45) is 0. The van der Waals surface area contributed by atoms with Crippen LogP contribution in [-0.4, -0.2) is 68.6 Å². The minimum absolute atomic E-state index is 0. The van der Waals surface area contributed by atoms with Crippen molar-refractivity contribution in [3.63, 3.8) is 0 Å². The predicted octanol–water partition coefficient (Wildman–Crippen LogP) is 2.13. The van der Waals surface area contributed by atoms with E-state index in [-0.39, 0.29) is 24.0 Å². The van der Waals surface area contributed by atoms with Gasteiger partial charge in [0, 0.05) is 0 Å². The summed E-state index contributed by atoms with van der Waals surface area (Å²) in [5.74, 6) is 0. The molecule has 3 heterocycles.